The number of aliphatic carboxylic acids is 1. The Kier molecular flexibility index (Phi) is 6.99. The van der Waals surface area contributed by atoms with Gasteiger partial charge in [-0.1, -0.05) is 25.0 Å². The van der Waals surface area contributed by atoms with Gasteiger partial charge in [0.1, 0.15) is 11.6 Å². The summed E-state index contributed by atoms with van der Waals surface area (Å²) in [5.74, 6) is -1.14. The molecule has 0 aromatic carbocycles. The summed E-state index contributed by atoms with van der Waals surface area (Å²) in [6.45, 7) is 8.00. The SMILES string of the molecule is CCCCCn1cc(C[C@H](NC(=O)OC(C)(C)C)C(=O)O)nn1. The molecule has 0 fully saturated rings. The largest absolute Gasteiger partial charge is 0.480 e. The molecule has 8 nitrogen and oxygen atoms in total. The summed E-state index contributed by atoms with van der Waals surface area (Å²) in [5, 5.41) is 19.5. The molecule has 1 aromatic rings. The molecule has 1 rings (SSSR count). The van der Waals surface area contributed by atoms with Crippen LogP contribution in [0.3, 0.4) is 0 Å². The molecule has 0 saturated carbocycles. The van der Waals surface area contributed by atoms with Gasteiger partial charge < -0.3 is 15.2 Å². The lowest BCUT2D eigenvalue weighted by Crippen LogP contribution is -2.44. The van der Waals surface area contributed by atoms with E-state index < -0.39 is 23.7 Å². The van der Waals surface area contributed by atoms with Gasteiger partial charge in [-0.25, -0.2) is 9.59 Å². The summed E-state index contributed by atoms with van der Waals surface area (Å²) < 4.78 is 6.76. The summed E-state index contributed by atoms with van der Waals surface area (Å²) in [4.78, 5) is 23.0. The van der Waals surface area contributed by atoms with Gasteiger partial charge in [0.15, 0.2) is 0 Å². The van der Waals surface area contributed by atoms with E-state index in [9.17, 15) is 14.7 Å². The minimum Gasteiger partial charge on any atom is -0.480 e. The van der Waals surface area contributed by atoms with Crippen LogP contribution in [0.5, 0.6) is 0 Å². The van der Waals surface area contributed by atoms with Crippen LogP contribution in [0.25, 0.3) is 0 Å². The lowest BCUT2D eigenvalue weighted by Gasteiger charge is -2.21. The van der Waals surface area contributed by atoms with Crippen molar-refractivity contribution < 1.29 is 19.4 Å². The molecular weight excluding hydrogens is 300 g/mol. The topological polar surface area (TPSA) is 106 Å². The van der Waals surface area contributed by atoms with Crippen molar-refractivity contribution in [2.24, 2.45) is 0 Å². The fourth-order valence-electron chi connectivity index (χ4n) is 1.92. The third-order valence-corrected chi connectivity index (χ3v) is 2.98. The van der Waals surface area contributed by atoms with Gasteiger partial charge in [0.05, 0.1) is 5.69 Å². The predicted molar refractivity (Wildman–Crippen MR) is 84.0 cm³/mol. The van der Waals surface area contributed by atoms with Crippen LogP contribution in [-0.4, -0.2) is 43.8 Å². The average molecular weight is 326 g/mol. The maximum absolute atomic E-state index is 11.7. The van der Waals surface area contributed by atoms with Crippen molar-refractivity contribution >= 4 is 12.1 Å². The number of unbranched alkanes of at least 4 members (excludes halogenated alkanes) is 2. The fourth-order valence-corrected chi connectivity index (χ4v) is 1.92. The minimum absolute atomic E-state index is 0.0579. The second kappa shape index (κ2) is 8.50. The fraction of sp³-hybridized carbons (Fsp3) is 0.733. The zero-order valence-corrected chi connectivity index (χ0v) is 14.2. The Bertz CT molecular complexity index is 522. The molecule has 8 heteroatoms. The first-order valence-electron chi connectivity index (χ1n) is 7.82. The molecule has 1 heterocycles. The zero-order chi connectivity index (χ0) is 17.5. The number of carbonyl (C=O) groups is 2. The first-order valence-corrected chi connectivity index (χ1v) is 7.82. The van der Waals surface area contributed by atoms with Gasteiger partial charge in [0.2, 0.25) is 0 Å². The van der Waals surface area contributed by atoms with E-state index in [0.29, 0.717) is 5.69 Å². The molecule has 0 aliphatic carbocycles. The normalized spacial score (nSPS) is 12.7. The molecular formula is C15H26N4O4. The summed E-state index contributed by atoms with van der Waals surface area (Å²) in [6.07, 6.45) is 4.22. The average Bonchev–Trinajstić information content (AvgIpc) is 2.83. The van der Waals surface area contributed by atoms with E-state index >= 15 is 0 Å². The summed E-state index contributed by atoms with van der Waals surface area (Å²) >= 11 is 0. The summed E-state index contributed by atoms with van der Waals surface area (Å²) in [6, 6.07) is -1.11. The van der Waals surface area contributed by atoms with Gasteiger partial charge in [-0.05, 0) is 27.2 Å². The number of carboxylic acids is 1. The highest BCUT2D eigenvalue weighted by atomic mass is 16.6. The van der Waals surface area contributed by atoms with Crippen molar-refractivity contribution in [3.05, 3.63) is 11.9 Å². The summed E-state index contributed by atoms with van der Waals surface area (Å²) in [7, 11) is 0. The van der Waals surface area contributed by atoms with Gasteiger partial charge in [0.25, 0.3) is 0 Å². The van der Waals surface area contributed by atoms with E-state index in [1.165, 1.54) is 0 Å². The van der Waals surface area contributed by atoms with Crippen molar-refractivity contribution in [2.75, 3.05) is 0 Å². The molecule has 1 atom stereocenters. The molecule has 0 spiro atoms. The molecule has 0 bridgehead atoms. The zero-order valence-electron chi connectivity index (χ0n) is 14.2. The van der Waals surface area contributed by atoms with Crippen LogP contribution in [0.15, 0.2) is 6.20 Å². The van der Waals surface area contributed by atoms with Crippen molar-refractivity contribution in [1.29, 1.82) is 0 Å². The lowest BCUT2D eigenvalue weighted by atomic mass is 10.1. The summed E-state index contributed by atoms with van der Waals surface area (Å²) in [5.41, 5.74) is -0.166. The molecule has 0 radical (unpaired) electrons. The number of hydrogen-bond donors (Lipinski definition) is 2. The van der Waals surface area contributed by atoms with Gasteiger partial charge in [-0.2, -0.15) is 0 Å². The maximum Gasteiger partial charge on any atom is 0.408 e. The number of carboxylic acid groups (broad SMARTS) is 1. The molecule has 0 aliphatic heterocycles. The van der Waals surface area contributed by atoms with Gasteiger partial charge in [-0.15, -0.1) is 5.10 Å². The Labute approximate surface area is 136 Å². The Morgan fingerprint density at radius 2 is 2.09 bits per heavy atom. The smallest absolute Gasteiger partial charge is 0.408 e. The van der Waals surface area contributed by atoms with Crippen molar-refractivity contribution in [3.8, 4) is 0 Å². The number of rotatable bonds is 8. The van der Waals surface area contributed by atoms with Crippen molar-refractivity contribution in [2.45, 2.75) is 71.6 Å². The molecule has 1 amide bonds. The minimum atomic E-state index is -1.14. The highest BCUT2D eigenvalue weighted by Gasteiger charge is 2.25. The number of aromatic nitrogens is 3. The monoisotopic (exact) mass is 326 g/mol. The van der Waals surface area contributed by atoms with Crippen LogP contribution in [0.2, 0.25) is 0 Å². The second-order valence-corrected chi connectivity index (χ2v) is 6.42. The van der Waals surface area contributed by atoms with Crippen LogP contribution in [-0.2, 0) is 22.5 Å². The Hall–Kier alpha value is -2.12. The highest BCUT2D eigenvalue weighted by molar-refractivity contribution is 5.80. The standard InChI is InChI=1S/C15H26N4O4/c1-5-6-7-8-19-10-11(17-18-19)9-12(13(20)21)16-14(22)23-15(2,3)4/h10,12H,5-9H2,1-4H3,(H,16,22)(H,20,21)/t12-/m0/s1. The highest BCUT2D eigenvalue weighted by Crippen LogP contribution is 2.08. The van der Waals surface area contributed by atoms with E-state index in [1.54, 1.807) is 31.6 Å². The molecule has 130 valence electrons. The van der Waals surface area contributed by atoms with Crippen LogP contribution >= 0.6 is 0 Å². The van der Waals surface area contributed by atoms with Crippen molar-refractivity contribution in [1.82, 2.24) is 20.3 Å². The lowest BCUT2D eigenvalue weighted by molar-refractivity contribution is -0.139. The van der Waals surface area contributed by atoms with Crippen LogP contribution in [0.1, 0.15) is 52.7 Å². The number of nitrogens with one attached hydrogen (secondary N) is 1. The second-order valence-electron chi connectivity index (χ2n) is 6.42. The molecule has 0 aliphatic rings. The van der Waals surface area contributed by atoms with Gasteiger partial charge >= 0.3 is 12.1 Å². The quantitative estimate of drug-likeness (QED) is 0.708. The molecule has 1 aromatic heterocycles. The molecule has 0 unspecified atom stereocenters. The third-order valence-electron chi connectivity index (χ3n) is 2.98. The number of ether oxygens (including phenoxy) is 1. The van der Waals surface area contributed by atoms with E-state index in [1.807, 2.05) is 0 Å². The molecule has 2 N–H and O–H groups in total. The van der Waals surface area contributed by atoms with E-state index in [4.69, 9.17) is 4.74 Å². The predicted octanol–water partition coefficient (Wildman–Crippen LogP) is 1.99. The van der Waals surface area contributed by atoms with E-state index in [0.717, 1.165) is 25.8 Å². The Morgan fingerprint density at radius 1 is 1.39 bits per heavy atom. The Balaban J connectivity index is 2.59. The number of hydrogen-bond acceptors (Lipinski definition) is 5. The van der Waals surface area contributed by atoms with Crippen LogP contribution < -0.4 is 5.32 Å². The van der Waals surface area contributed by atoms with E-state index in [2.05, 4.69) is 22.6 Å². The number of carbonyl (C=O) groups excluding carboxylic acids is 1. The Morgan fingerprint density at radius 3 is 2.65 bits per heavy atom. The first-order chi connectivity index (χ1) is 10.7. The van der Waals surface area contributed by atoms with E-state index in [-0.39, 0.29) is 6.42 Å². The number of alkyl carbamates (subject to hydrolysis) is 1. The van der Waals surface area contributed by atoms with Gasteiger partial charge in [0, 0.05) is 19.2 Å². The number of nitrogens with zero attached hydrogens (tertiary/aromatic N) is 3. The van der Waals surface area contributed by atoms with Gasteiger partial charge in [-0.3, -0.25) is 4.68 Å². The molecule has 0 saturated heterocycles. The van der Waals surface area contributed by atoms with Crippen molar-refractivity contribution in [3.63, 3.8) is 0 Å². The first kappa shape index (κ1) is 18.9. The number of amides is 1. The number of aryl methyl sites for hydroxylation is 1. The van der Waals surface area contributed by atoms with Crippen LogP contribution in [0, 0.1) is 0 Å². The third kappa shape index (κ3) is 7.62. The van der Waals surface area contributed by atoms with Crippen LogP contribution in [0.4, 0.5) is 4.79 Å². The maximum atomic E-state index is 11.7. The molecule has 23 heavy (non-hydrogen) atoms.